The van der Waals surface area contributed by atoms with Crippen LogP contribution in [0.5, 0.6) is 0 Å². The van der Waals surface area contributed by atoms with Crippen LogP contribution in [0.2, 0.25) is 5.02 Å². The standard InChI is InChI=1S/C16H11BrClN3O3/c1-7-3-4-9(5-12(7)21(23)24)19-15-10-6-11(17)13(18)8(2)14(10)20-16(15)22/h3-6H,1-2H3,(H,19,20,22). The maximum absolute atomic E-state index is 12.3. The molecule has 0 unspecified atom stereocenters. The van der Waals surface area contributed by atoms with Gasteiger partial charge in [0.15, 0.2) is 0 Å². The fourth-order valence-electron chi connectivity index (χ4n) is 2.50. The second-order valence-corrected chi connectivity index (χ2v) is 6.59. The molecule has 24 heavy (non-hydrogen) atoms. The lowest BCUT2D eigenvalue weighted by Gasteiger charge is -2.07. The van der Waals surface area contributed by atoms with E-state index in [1.54, 1.807) is 32.0 Å². The molecule has 0 aromatic heterocycles. The predicted molar refractivity (Wildman–Crippen MR) is 96.5 cm³/mol. The quantitative estimate of drug-likeness (QED) is 0.577. The van der Waals surface area contributed by atoms with Gasteiger partial charge in [0.25, 0.3) is 11.6 Å². The molecule has 2 aromatic rings. The first-order valence-corrected chi connectivity index (χ1v) is 8.10. The maximum atomic E-state index is 12.3. The summed E-state index contributed by atoms with van der Waals surface area (Å²) in [6.45, 7) is 3.45. The van der Waals surface area contributed by atoms with E-state index < -0.39 is 4.92 Å². The van der Waals surface area contributed by atoms with Crippen LogP contribution < -0.4 is 5.32 Å². The summed E-state index contributed by atoms with van der Waals surface area (Å²) in [5.74, 6) is -0.370. The van der Waals surface area contributed by atoms with E-state index in [2.05, 4.69) is 26.2 Å². The van der Waals surface area contributed by atoms with E-state index in [-0.39, 0.29) is 17.3 Å². The number of aliphatic imine (C=N–C) groups is 1. The lowest BCUT2D eigenvalue weighted by molar-refractivity contribution is -0.385. The topological polar surface area (TPSA) is 84.6 Å². The number of benzene rings is 2. The van der Waals surface area contributed by atoms with Crippen LogP contribution in [0, 0.1) is 24.0 Å². The number of nitro groups is 1. The molecule has 2 aromatic carbocycles. The van der Waals surface area contributed by atoms with Crippen molar-refractivity contribution in [1.29, 1.82) is 0 Å². The zero-order valence-electron chi connectivity index (χ0n) is 12.7. The summed E-state index contributed by atoms with van der Waals surface area (Å²) in [4.78, 5) is 27.2. The second-order valence-electron chi connectivity index (χ2n) is 5.36. The van der Waals surface area contributed by atoms with E-state index >= 15 is 0 Å². The third-order valence-electron chi connectivity index (χ3n) is 3.79. The second kappa shape index (κ2) is 5.99. The van der Waals surface area contributed by atoms with Gasteiger partial charge in [-0.3, -0.25) is 14.9 Å². The van der Waals surface area contributed by atoms with Crippen LogP contribution in [0.25, 0.3) is 0 Å². The maximum Gasteiger partial charge on any atom is 0.275 e. The molecule has 0 saturated carbocycles. The molecule has 1 aliphatic heterocycles. The highest BCUT2D eigenvalue weighted by molar-refractivity contribution is 9.10. The minimum Gasteiger partial charge on any atom is -0.320 e. The van der Waals surface area contributed by atoms with Crippen molar-refractivity contribution in [2.45, 2.75) is 13.8 Å². The average molecular weight is 409 g/mol. The van der Waals surface area contributed by atoms with Crippen molar-refractivity contribution in [1.82, 2.24) is 0 Å². The number of hydrogen-bond acceptors (Lipinski definition) is 4. The van der Waals surface area contributed by atoms with Crippen molar-refractivity contribution in [3.63, 3.8) is 0 Å². The Morgan fingerprint density at radius 1 is 1.29 bits per heavy atom. The number of nitro benzene ring substituents is 1. The fraction of sp³-hybridized carbons (Fsp3) is 0.125. The van der Waals surface area contributed by atoms with Crippen molar-refractivity contribution in [3.8, 4) is 0 Å². The summed E-state index contributed by atoms with van der Waals surface area (Å²) in [7, 11) is 0. The van der Waals surface area contributed by atoms with Gasteiger partial charge >= 0.3 is 0 Å². The Morgan fingerprint density at radius 3 is 2.67 bits per heavy atom. The zero-order valence-corrected chi connectivity index (χ0v) is 15.0. The molecular formula is C16H11BrClN3O3. The van der Waals surface area contributed by atoms with Crippen LogP contribution in [0.4, 0.5) is 17.1 Å². The van der Waals surface area contributed by atoms with Crippen LogP contribution >= 0.6 is 27.5 Å². The average Bonchev–Trinajstić information content (AvgIpc) is 2.83. The summed E-state index contributed by atoms with van der Waals surface area (Å²) in [5.41, 5.74) is 2.98. The number of rotatable bonds is 2. The monoisotopic (exact) mass is 407 g/mol. The Morgan fingerprint density at radius 2 is 2.00 bits per heavy atom. The molecule has 0 radical (unpaired) electrons. The van der Waals surface area contributed by atoms with Gasteiger partial charge in [-0.25, -0.2) is 4.99 Å². The number of carbonyl (C=O) groups excluding carboxylic acids is 1. The highest BCUT2D eigenvalue weighted by Gasteiger charge is 2.29. The smallest absolute Gasteiger partial charge is 0.275 e. The van der Waals surface area contributed by atoms with Gasteiger partial charge in [0.1, 0.15) is 5.71 Å². The molecule has 1 N–H and O–H groups in total. The first-order valence-electron chi connectivity index (χ1n) is 6.93. The fourth-order valence-corrected chi connectivity index (χ4v) is 3.18. The number of halogens is 2. The predicted octanol–water partition coefficient (Wildman–Crippen LogP) is 4.70. The van der Waals surface area contributed by atoms with Gasteiger partial charge in [-0.05, 0) is 47.5 Å². The number of carbonyl (C=O) groups is 1. The van der Waals surface area contributed by atoms with Gasteiger partial charge in [0, 0.05) is 21.7 Å². The van der Waals surface area contributed by atoms with Gasteiger partial charge in [0.05, 0.1) is 21.3 Å². The summed E-state index contributed by atoms with van der Waals surface area (Å²) in [6, 6.07) is 6.31. The van der Waals surface area contributed by atoms with Crippen LogP contribution in [0.15, 0.2) is 33.7 Å². The number of anilines is 1. The molecule has 1 heterocycles. The van der Waals surface area contributed by atoms with E-state index in [4.69, 9.17) is 11.6 Å². The highest BCUT2D eigenvalue weighted by atomic mass is 79.9. The van der Waals surface area contributed by atoms with E-state index in [1.165, 1.54) is 6.07 Å². The van der Waals surface area contributed by atoms with E-state index in [1.807, 2.05) is 0 Å². The van der Waals surface area contributed by atoms with Gasteiger partial charge in [0.2, 0.25) is 0 Å². The van der Waals surface area contributed by atoms with E-state index in [9.17, 15) is 14.9 Å². The van der Waals surface area contributed by atoms with Gasteiger partial charge in [-0.1, -0.05) is 17.7 Å². The first kappa shape index (κ1) is 16.6. The lowest BCUT2D eigenvalue weighted by atomic mass is 10.1. The molecule has 1 amide bonds. The number of amides is 1. The summed E-state index contributed by atoms with van der Waals surface area (Å²) < 4.78 is 0.652. The molecule has 6 nitrogen and oxygen atoms in total. The first-order chi connectivity index (χ1) is 11.3. The third kappa shape index (κ3) is 2.70. The Bertz CT molecular complexity index is 941. The van der Waals surface area contributed by atoms with Crippen molar-refractivity contribution in [2.75, 3.05) is 5.32 Å². The summed E-state index contributed by atoms with van der Waals surface area (Å²) >= 11 is 9.53. The van der Waals surface area contributed by atoms with Crippen LogP contribution in [0.3, 0.4) is 0 Å². The third-order valence-corrected chi connectivity index (χ3v) is 5.13. The van der Waals surface area contributed by atoms with Crippen LogP contribution in [0.1, 0.15) is 16.7 Å². The molecular weight excluding hydrogens is 398 g/mol. The highest BCUT2D eigenvalue weighted by Crippen LogP contribution is 2.38. The number of hydrogen-bond donors (Lipinski definition) is 1. The number of nitrogens with zero attached hydrogens (tertiary/aromatic N) is 2. The summed E-state index contributed by atoms with van der Waals surface area (Å²) in [6.07, 6.45) is 0. The molecule has 0 atom stereocenters. The van der Waals surface area contributed by atoms with Crippen molar-refractivity contribution < 1.29 is 9.72 Å². The van der Waals surface area contributed by atoms with Crippen LogP contribution in [-0.2, 0) is 4.79 Å². The van der Waals surface area contributed by atoms with E-state index in [0.717, 1.165) is 5.56 Å². The Labute approximate surface area is 150 Å². The largest absolute Gasteiger partial charge is 0.320 e. The lowest BCUT2D eigenvalue weighted by Crippen LogP contribution is -2.14. The number of aryl methyl sites for hydroxylation is 1. The van der Waals surface area contributed by atoms with Gasteiger partial charge in [-0.2, -0.15) is 0 Å². The van der Waals surface area contributed by atoms with Crippen molar-refractivity contribution in [2.24, 2.45) is 4.99 Å². The number of fused-ring (bicyclic) bond motifs is 1. The normalized spacial score (nSPS) is 14.7. The molecule has 122 valence electrons. The molecule has 3 rings (SSSR count). The molecule has 0 aliphatic carbocycles. The Kier molecular flexibility index (Phi) is 4.15. The zero-order chi connectivity index (χ0) is 17.6. The van der Waals surface area contributed by atoms with Gasteiger partial charge < -0.3 is 5.32 Å². The number of nitrogens with one attached hydrogen (secondary N) is 1. The van der Waals surface area contributed by atoms with Crippen LogP contribution in [-0.4, -0.2) is 16.5 Å². The summed E-state index contributed by atoms with van der Waals surface area (Å²) in [5, 5.41) is 14.3. The molecule has 0 spiro atoms. The minimum atomic E-state index is -0.470. The molecule has 1 aliphatic rings. The SMILES string of the molecule is Cc1ccc(N=C2C(=O)Nc3c2cc(Br)c(Cl)c3C)cc1[N+](=O)[O-]. The Balaban J connectivity index is 2.16. The van der Waals surface area contributed by atoms with E-state index in [0.29, 0.717) is 32.0 Å². The van der Waals surface area contributed by atoms with Crippen molar-refractivity contribution in [3.05, 3.63) is 60.6 Å². The Hall–Kier alpha value is -2.25. The molecule has 0 bridgehead atoms. The molecule has 0 saturated heterocycles. The molecule has 8 heteroatoms. The minimum absolute atomic E-state index is 0.0380. The van der Waals surface area contributed by atoms with Crippen molar-refractivity contribution >= 4 is 56.2 Å². The van der Waals surface area contributed by atoms with Gasteiger partial charge in [-0.15, -0.1) is 0 Å². The molecule has 0 fully saturated rings.